The molecule has 0 radical (unpaired) electrons. The van der Waals surface area contributed by atoms with Gasteiger partial charge < -0.3 is 4.74 Å². The van der Waals surface area contributed by atoms with Crippen molar-refractivity contribution in [2.75, 3.05) is 7.11 Å². The standard InChI is InChI=1S/C12H14O2/c1-14-12(13)11-7-6-9-4-2-3-5-10(9)8-11/h2,4,6-10H,3,5H2,1H3. The molecule has 0 saturated heterocycles. The van der Waals surface area contributed by atoms with Crippen LogP contribution < -0.4 is 0 Å². The molecule has 2 aliphatic carbocycles. The normalized spacial score (nSPS) is 29.4. The zero-order chi connectivity index (χ0) is 9.97. The quantitative estimate of drug-likeness (QED) is 0.468. The Morgan fingerprint density at radius 3 is 3.14 bits per heavy atom. The van der Waals surface area contributed by atoms with E-state index in [-0.39, 0.29) is 5.97 Å². The number of carbonyl (C=O) groups is 1. The van der Waals surface area contributed by atoms with Gasteiger partial charge in [0.2, 0.25) is 0 Å². The van der Waals surface area contributed by atoms with Crippen LogP contribution in [-0.2, 0) is 9.53 Å². The molecule has 0 N–H and O–H groups in total. The van der Waals surface area contributed by atoms with Crippen molar-refractivity contribution >= 4 is 5.97 Å². The van der Waals surface area contributed by atoms with Crippen molar-refractivity contribution in [3.8, 4) is 0 Å². The Labute approximate surface area is 83.9 Å². The topological polar surface area (TPSA) is 26.3 Å². The van der Waals surface area contributed by atoms with Crippen LogP contribution in [0.15, 0.2) is 36.0 Å². The number of hydrogen-bond acceptors (Lipinski definition) is 2. The van der Waals surface area contributed by atoms with Gasteiger partial charge in [0.05, 0.1) is 12.7 Å². The van der Waals surface area contributed by atoms with E-state index in [1.54, 1.807) is 0 Å². The van der Waals surface area contributed by atoms with E-state index < -0.39 is 0 Å². The molecule has 0 spiro atoms. The second-order valence-corrected chi connectivity index (χ2v) is 3.72. The van der Waals surface area contributed by atoms with Gasteiger partial charge in [0.1, 0.15) is 0 Å². The first-order chi connectivity index (χ1) is 6.81. The fourth-order valence-corrected chi connectivity index (χ4v) is 2.03. The van der Waals surface area contributed by atoms with Crippen LogP contribution in [0.1, 0.15) is 12.8 Å². The predicted octanol–water partition coefficient (Wildman–Crippen LogP) is 2.24. The van der Waals surface area contributed by atoms with Gasteiger partial charge in [0, 0.05) is 5.92 Å². The largest absolute Gasteiger partial charge is 0.465 e. The Balaban J connectivity index is 2.18. The van der Waals surface area contributed by atoms with Gasteiger partial charge in [-0.1, -0.05) is 30.4 Å². The van der Waals surface area contributed by atoms with Crippen molar-refractivity contribution in [3.63, 3.8) is 0 Å². The van der Waals surface area contributed by atoms with Gasteiger partial charge in [0.15, 0.2) is 0 Å². The summed E-state index contributed by atoms with van der Waals surface area (Å²) in [6.45, 7) is 0. The molecule has 0 aromatic rings. The minimum Gasteiger partial charge on any atom is -0.465 e. The van der Waals surface area contributed by atoms with Gasteiger partial charge in [-0.3, -0.25) is 0 Å². The SMILES string of the molecule is COC(=O)C1=CC2CCC=CC2C=C1. The Morgan fingerprint density at radius 1 is 1.50 bits per heavy atom. The van der Waals surface area contributed by atoms with E-state index in [1.807, 2.05) is 12.2 Å². The van der Waals surface area contributed by atoms with Crippen molar-refractivity contribution in [1.29, 1.82) is 0 Å². The molecule has 0 aromatic heterocycles. The second kappa shape index (κ2) is 3.82. The molecule has 0 fully saturated rings. The predicted molar refractivity (Wildman–Crippen MR) is 54.6 cm³/mol. The van der Waals surface area contributed by atoms with Crippen LogP contribution >= 0.6 is 0 Å². The van der Waals surface area contributed by atoms with Gasteiger partial charge in [-0.2, -0.15) is 0 Å². The lowest BCUT2D eigenvalue weighted by molar-refractivity contribution is -0.135. The molecule has 14 heavy (non-hydrogen) atoms. The van der Waals surface area contributed by atoms with Crippen LogP contribution in [0.5, 0.6) is 0 Å². The number of allylic oxidation sites excluding steroid dienone is 4. The first-order valence-electron chi connectivity index (χ1n) is 4.96. The summed E-state index contributed by atoms with van der Waals surface area (Å²) in [5.41, 5.74) is 0.698. The van der Waals surface area contributed by atoms with Gasteiger partial charge in [-0.25, -0.2) is 4.79 Å². The van der Waals surface area contributed by atoms with Gasteiger partial charge in [-0.15, -0.1) is 0 Å². The van der Waals surface area contributed by atoms with E-state index in [0.29, 0.717) is 17.4 Å². The monoisotopic (exact) mass is 190 g/mol. The molecular weight excluding hydrogens is 176 g/mol. The fraction of sp³-hybridized carbons (Fsp3) is 0.417. The number of fused-ring (bicyclic) bond motifs is 1. The molecule has 2 nitrogen and oxygen atoms in total. The maximum absolute atomic E-state index is 11.3. The third-order valence-corrected chi connectivity index (χ3v) is 2.83. The molecule has 0 aliphatic heterocycles. The summed E-state index contributed by atoms with van der Waals surface area (Å²) in [5.74, 6) is 0.741. The molecule has 2 aliphatic rings. The maximum atomic E-state index is 11.3. The van der Waals surface area contributed by atoms with Gasteiger partial charge in [-0.05, 0) is 18.8 Å². The number of rotatable bonds is 1. The smallest absolute Gasteiger partial charge is 0.337 e. The molecule has 0 heterocycles. The van der Waals surface area contributed by atoms with Crippen molar-refractivity contribution in [2.24, 2.45) is 11.8 Å². The van der Waals surface area contributed by atoms with Gasteiger partial charge >= 0.3 is 5.97 Å². The van der Waals surface area contributed by atoms with Crippen LogP contribution in [0.4, 0.5) is 0 Å². The zero-order valence-corrected chi connectivity index (χ0v) is 8.27. The molecule has 0 aromatic carbocycles. The first-order valence-corrected chi connectivity index (χ1v) is 4.96. The van der Waals surface area contributed by atoms with E-state index in [1.165, 1.54) is 7.11 Å². The van der Waals surface area contributed by atoms with Crippen LogP contribution in [0.25, 0.3) is 0 Å². The summed E-state index contributed by atoms with van der Waals surface area (Å²) in [4.78, 5) is 11.3. The number of hydrogen-bond donors (Lipinski definition) is 0. The van der Waals surface area contributed by atoms with Crippen molar-refractivity contribution in [3.05, 3.63) is 36.0 Å². The highest BCUT2D eigenvalue weighted by molar-refractivity contribution is 5.91. The Hall–Kier alpha value is -1.31. The van der Waals surface area contributed by atoms with E-state index >= 15 is 0 Å². The summed E-state index contributed by atoms with van der Waals surface area (Å²) in [6.07, 6.45) is 12.7. The number of carbonyl (C=O) groups excluding carboxylic acids is 1. The van der Waals surface area contributed by atoms with Gasteiger partial charge in [0.25, 0.3) is 0 Å². The molecule has 0 amide bonds. The first kappa shape index (κ1) is 9.25. The van der Waals surface area contributed by atoms with E-state index in [0.717, 1.165) is 12.8 Å². The van der Waals surface area contributed by atoms with Crippen molar-refractivity contribution in [1.82, 2.24) is 0 Å². The Kier molecular flexibility index (Phi) is 2.53. The number of ether oxygens (including phenoxy) is 1. The van der Waals surface area contributed by atoms with Crippen LogP contribution in [0, 0.1) is 11.8 Å². The number of esters is 1. The summed E-state index contributed by atoms with van der Waals surface area (Å²) in [5, 5.41) is 0. The highest BCUT2D eigenvalue weighted by atomic mass is 16.5. The molecule has 2 heteroatoms. The second-order valence-electron chi connectivity index (χ2n) is 3.72. The lowest BCUT2D eigenvalue weighted by Crippen LogP contribution is -2.17. The molecule has 0 bridgehead atoms. The lowest BCUT2D eigenvalue weighted by atomic mass is 9.79. The zero-order valence-electron chi connectivity index (χ0n) is 8.27. The Morgan fingerprint density at radius 2 is 2.36 bits per heavy atom. The highest BCUT2D eigenvalue weighted by Gasteiger charge is 2.22. The average Bonchev–Trinajstić information content (AvgIpc) is 2.27. The molecule has 2 rings (SSSR count). The van der Waals surface area contributed by atoms with E-state index in [9.17, 15) is 4.79 Å². The minimum atomic E-state index is -0.228. The maximum Gasteiger partial charge on any atom is 0.337 e. The number of methoxy groups -OCH3 is 1. The van der Waals surface area contributed by atoms with Crippen LogP contribution in [0.2, 0.25) is 0 Å². The summed E-state index contributed by atoms with van der Waals surface area (Å²) in [6, 6.07) is 0. The van der Waals surface area contributed by atoms with E-state index in [2.05, 4.69) is 18.2 Å². The molecule has 2 unspecified atom stereocenters. The summed E-state index contributed by atoms with van der Waals surface area (Å²) in [7, 11) is 1.42. The third kappa shape index (κ3) is 1.65. The Bertz CT molecular complexity index is 323. The van der Waals surface area contributed by atoms with Crippen molar-refractivity contribution in [2.45, 2.75) is 12.8 Å². The van der Waals surface area contributed by atoms with E-state index in [4.69, 9.17) is 4.74 Å². The highest BCUT2D eigenvalue weighted by Crippen LogP contribution is 2.31. The summed E-state index contributed by atoms with van der Waals surface area (Å²) < 4.78 is 4.69. The lowest BCUT2D eigenvalue weighted by Gasteiger charge is -2.25. The summed E-state index contributed by atoms with van der Waals surface area (Å²) >= 11 is 0. The van der Waals surface area contributed by atoms with Crippen LogP contribution in [-0.4, -0.2) is 13.1 Å². The average molecular weight is 190 g/mol. The fourth-order valence-electron chi connectivity index (χ4n) is 2.03. The molecule has 0 saturated carbocycles. The molecule has 74 valence electrons. The van der Waals surface area contributed by atoms with Crippen LogP contribution in [0.3, 0.4) is 0 Å². The molecular formula is C12H14O2. The minimum absolute atomic E-state index is 0.228. The third-order valence-electron chi connectivity index (χ3n) is 2.83. The van der Waals surface area contributed by atoms with Crippen molar-refractivity contribution < 1.29 is 9.53 Å². The molecule has 2 atom stereocenters.